The van der Waals surface area contributed by atoms with Gasteiger partial charge in [-0.05, 0) is 36.8 Å². The molecule has 0 N–H and O–H groups in total. The number of rotatable bonds is 2. The highest BCUT2D eigenvalue weighted by Gasteiger charge is 2.42. The molecular formula is C16H20N4. The SMILES string of the molecule is N#Cc1cccc(N2CC(N3CC4CCCC4C3)C2)n1. The summed E-state index contributed by atoms with van der Waals surface area (Å²) < 4.78 is 0. The lowest BCUT2D eigenvalue weighted by Crippen LogP contribution is -2.59. The molecule has 4 heteroatoms. The molecule has 0 aromatic carbocycles. The van der Waals surface area contributed by atoms with Gasteiger partial charge < -0.3 is 4.90 Å². The minimum atomic E-state index is 0.515. The standard InChI is InChI=1S/C16H20N4/c17-7-14-5-2-6-16(18-14)20-10-15(11-20)19-8-12-3-1-4-13(12)9-19/h2,5-6,12-13,15H,1,3-4,8-11H2. The van der Waals surface area contributed by atoms with Crippen molar-refractivity contribution >= 4 is 5.82 Å². The Morgan fingerprint density at radius 3 is 2.55 bits per heavy atom. The van der Waals surface area contributed by atoms with Crippen LogP contribution in [-0.2, 0) is 0 Å². The summed E-state index contributed by atoms with van der Waals surface area (Å²) in [6.07, 6.45) is 4.34. The highest BCUT2D eigenvalue weighted by Crippen LogP contribution is 2.39. The molecule has 104 valence electrons. The Labute approximate surface area is 120 Å². The Kier molecular flexibility index (Phi) is 2.89. The second kappa shape index (κ2) is 4.75. The summed E-state index contributed by atoms with van der Waals surface area (Å²) in [4.78, 5) is 9.36. The molecule has 4 nitrogen and oxygen atoms in total. The van der Waals surface area contributed by atoms with Gasteiger partial charge >= 0.3 is 0 Å². The van der Waals surface area contributed by atoms with Crippen LogP contribution in [0.15, 0.2) is 18.2 Å². The van der Waals surface area contributed by atoms with Crippen molar-refractivity contribution in [2.24, 2.45) is 11.8 Å². The Balaban J connectivity index is 1.37. The van der Waals surface area contributed by atoms with Crippen molar-refractivity contribution in [2.45, 2.75) is 25.3 Å². The number of fused-ring (bicyclic) bond motifs is 1. The highest BCUT2D eigenvalue weighted by molar-refractivity contribution is 5.45. The van der Waals surface area contributed by atoms with Crippen LogP contribution < -0.4 is 4.90 Å². The zero-order valence-electron chi connectivity index (χ0n) is 11.7. The molecule has 1 aromatic rings. The maximum absolute atomic E-state index is 8.91. The van der Waals surface area contributed by atoms with Crippen LogP contribution in [0, 0.1) is 23.2 Å². The molecule has 1 aromatic heterocycles. The van der Waals surface area contributed by atoms with Crippen molar-refractivity contribution in [3.8, 4) is 6.07 Å². The molecule has 0 amide bonds. The molecular weight excluding hydrogens is 248 g/mol. The predicted octanol–water partition coefficient (Wildman–Crippen LogP) is 1.87. The molecule has 2 unspecified atom stereocenters. The van der Waals surface area contributed by atoms with Crippen molar-refractivity contribution < 1.29 is 0 Å². The second-order valence-electron chi connectivity index (χ2n) is 6.46. The van der Waals surface area contributed by atoms with E-state index in [1.807, 2.05) is 12.1 Å². The first-order valence-electron chi connectivity index (χ1n) is 7.69. The molecule has 3 aliphatic rings. The van der Waals surface area contributed by atoms with E-state index in [0.717, 1.165) is 30.7 Å². The van der Waals surface area contributed by atoms with E-state index in [-0.39, 0.29) is 0 Å². The van der Waals surface area contributed by atoms with Gasteiger partial charge in [0.2, 0.25) is 0 Å². The zero-order valence-corrected chi connectivity index (χ0v) is 11.7. The molecule has 2 saturated heterocycles. The molecule has 20 heavy (non-hydrogen) atoms. The average molecular weight is 268 g/mol. The van der Waals surface area contributed by atoms with Crippen molar-refractivity contribution in [1.29, 1.82) is 5.26 Å². The first-order chi connectivity index (χ1) is 9.83. The Morgan fingerprint density at radius 2 is 1.85 bits per heavy atom. The molecule has 1 saturated carbocycles. The monoisotopic (exact) mass is 268 g/mol. The fourth-order valence-electron chi connectivity index (χ4n) is 4.10. The summed E-state index contributed by atoms with van der Waals surface area (Å²) in [5.41, 5.74) is 0.515. The number of nitrogens with zero attached hydrogens (tertiary/aromatic N) is 4. The molecule has 4 rings (SSSR count). The van der Waals surface area contributed by atoms with E-state index in [1.165, 1.54) is 32.4 Å². The van der Waals surface area contributed by atoms with Gasteiger partial charge in [0.05, 0.1) is 0 Å². The third-order valence-corrected chi connectivity index (χ3v) is 5.31. The van der Waals surface area contributed by atoms with Crippen molar-refractivity contribution in [3.63, 3.8) is 0 Å². The van der Waals surface area contributed by atoms with E-state index >= 15 is 0 Å². The van der Waals surface area contributed by atoms with Crippen LogP contribution in [0.2, 0.25) is 0 Å². The zero-order chi connectivity index (χ0) is 13.5. The fraction of sp³-hybridized carbons (Fsp3) is 0.625. The molecule has 0 spiro atoms. The predicted molar refractivity (Wildman–Crippen MR) is 77.4 cm³/mol. The van der Waals surface area contributed by atoms with Gasteiger partial charge in [-0.2, -0.15) is 5.26 Å². The van der Waals surface area contributed by atoms with Crippen LogP contribution in [0.1, 0.15) is 25.0 Å². The number of nitriles is 1. The summed E-state index contributed by atoms with van der Waals surface area (Å²) >= 11 is 0. The number of pyridine rings is 1. The number of likely N-dealkylation sites (tertiary alicyclic amines) is 1. The van der Waals surface area contributed by atoms with Crippen molar-refractivity contribution in [2.75, 3.05) is 31.1 Å². The molecule has 3 fully saturated rings. The minimum Gasteiger partial charge on any atom is -0.353 e. The third kappa shape index (κ3) is 1.97. The second-order valence-corrected chi connectivity index (χ2v) is 6.46. The smallest absolute Gasteiger partial charge is 0.142 e. The molecule has 0 bridgehead atoms. The van der Waals surface area contributed by atoms with E-state index in [1.54, 1.807) is 6.07 Å². The van der Waals surface area contributed by atoms with Crippen molar-refractivity contribution in [1.82, 2.24) is 9.88 Å². The van der Waals surface area contributed by atoms with Gasteiger partial charge in [0.15, 0.2) is 0 Å². The Bertz CT molecular complexity index is 532. The van der Waals surface area contributed by atoms with Crippen LogP contribution >= 0.6 is 0 Å². The van der Waals surface area contributed by atoms with Crippen LogP contribution in [-0.4, -0.2) is 42.1 Å². The van der Waals surface area contributed by atoms with E-state index in [2.05, 4.69) is 20.9 Å². The van der Waals surface area contributed by atoms with Gasteiger partial charge in [-0.3, -0.25) is 4.90 Å². The normalized spacial score (nSPS) is 30.1. The van der Waals surface area contributed by atoms with E-state index in [4.69, 9.17) is 5.26 Å². The summed E-state index contributed by atoms with van der Waals surface area (Å²) in [5, 5.41) is 8.91. The summed E-state index contributed by atoms with van der Waals surface area (Å²) in [7, 11) is 0. The quantitative estimate of drug-likeness (QED) is 0.821. The number of aromatic nitrogens is 1. The van der Waals surface area contributed by atoms with Crippen molar-refractivity contribution in [3.05, 3.63) is 23.9 Å². The number of anilines is 1. The van der Waals surface area contributed by atoms with Gasteiger partial charge in [0, 0.05) is 32.2 Å². The van der Waals surface area contributed by atoms with Gasteiger partial charge in [-0.15, -0.1) is 0 Å². The summed E-state index contributed by atoms with van der Waals surface area (Å²) in [6, 6.07) is 8.52. The number of hydrogen-bond acceptors (Lipinski definition) is 4. The molecule has 2 atom stereocenters. The van der Waals surface area contributed by atoms with E-state index in [0.29, 0.717) is 11.7 Å². The summed E-state index contributed by atoms with van der Waals surface area (Å²) in [6.45, 7) is 4.77. The number of hydrogen-bond donors (Lipinski definition) is 0. The topological polar surface area (TPSA) is 43.2 Å². The van der Waals surface area contributed by atoms with Gasteiger partial charge in [-0.1, -0.05) is 12.5 Å². The van der Waals surface area contributed by atoms with Crippen LogP contribution in [0.3, 0.4) is 0 Å². The summed E-state index contributed by atoms with van der Waals surface area (Å²) in [5.74, 6) is 2.91. The lowest BCUT2D eigenvalue weighted by molar-refractivity contribution is 0.190. The van der Waals surface area contributed by atoms with Crippen LogP contribution in [0.25, 0.3) is 0 Å². The lowest BCUT2D eigenvalue weighted by Gasteiger charge is -2.45. The third-order valence-electron chi connectivity index (χ3n) is 5.31. The average Bonchev–Trinajstić information content (AvgIpc) is 2.98. The first-order valence-corrected chi connectivity index (χ1v) is 7.69. The maximum atomic E-state index is 8.91. The lowest BCUT2D eigenvalue weighted by atomic mass is 10.0. The van der Waals surface area contributed by atoms with E-state index in [9.17, 15) is 0 Å². The largest absolute Gasteiger partial charge is 0.353 e. The molecule has 1 aliphatic carbocycles. The van der Waals surface area contributed by atoms with Crippen LogP contribution in [0.5, 0.6) is 0 Å². The van der Waals surface area contributed by atoms with Gasteiger partial charge in [0.1, 0.15) is 17.6 Å². The van der Waals surface area contributed by atoms with Crippen LogP contribution in [0.4, 0.5) is 5.82 Å². The maximum Gasteiger partial charge on any atom is 0.142 e. The Hall–Kier alpha value is -1.60. The first kappa shape index (κ1) is 12.2. The fourth-order valence-corrected chi connectivity index (χ4v) is 4.10. The molecule has 0 radical (unpaired) electrons. The van der Waals surface area contributed by atoms with Gasteiger partial charge in [-0.25, -0.2) is 4.98 Å². The highest BCUT2D eigenvalue weighted by atomic mass is 15.3. The van der Waals surface area contributed by atoms with E-state index < -0.39 is 0 Å². The molecule has 3 heterocycles. The van der Waals surface area contributed by atoms with Gasteiger partial charge in [0.25, 0.3) is 0 Å². The Morgan fingerprint density at radius 1 is 1.10 bits per heavy atom. The minimum absolute atomic E-state index is 0.515. The molecule has 2 aliphatic heterocycles.